The highest BCUT2D eigenvalue weighted by atomic mass is 35.5. The van der Waals surface area contributed by atoms with Gasteiger partial charge in [0.05, 0.1) is 47.2 Å². The third-order valence-electron chi connectivity index (χ3n) is 4.49. The number of benzene rings is 1. The van der Waals surface area contributed by atoms with Crippen LogP contribution in [-0.4, -0.2) is 38.0 Å². The monoisotopic (exact) mass is 503 g/mol. The first-order valence-electron chi connectivity index (χ1n) is 9.37. The summed E-state index contributed by atoms with van der Waals surface area (Å²) in [6.07, 6.45) is -12.4. The SMILES string of the molecule is CCOC(=O)C1=C(C(F)F)NC(C(F)F)=C(C(=O)OCC)C1c1ccc(Cl)cc1C(F)(F)F. The van der Waals surface area contributed by atoms with Crippen LogP contribution in [-0.2, 0) is 25.2 Å². The Morgan fingerprint density at radius 2 is 1.42 bits per heavy atom. The number of nitrogens with one attached hydrogen (secondary N) is 1. The zero-order valence-corrected chi connectivity index (χ0v) is 17.8. The summed E-state index contributed by atoms with van der Waals surface area (Å²) in [4.78, 5) is 25.2. The standard InChI is InChI=1S/C20H17ClF7NO4/c1-3-32-18(30)12-11(9-6-5-8(21)7-10(9)20(26,27)28)13(19(31)33-4-2)15(17(24)25)29-14(12)16(22)23/h5-7,11,16-17,29H,3-4H2,1-2H3. The van der Waals surface area contributed by atoms with E-state index in [1.165, 1.54) is 13.8 Å². The Kier molecular flexibility index (Phi) is 8.39. The molecule has 0 spiro atoms. The fourth-order valence-electron chi connectivity index (χ4n) is 3.29. The predicted octanol–water partition coefficient (Wildman–Crippen LogP) is 5.21. The summed E-state index contributed by atoms with van der Waals surface area (Å²) in [5, 5.41) is 1.24. The highest BCUT2D eigenvalue weighted by molar-refractivity contribution is 6.30. The zero-order valence-electron chi connectivity index (χ0n) is 17.0. The number of hydrogen-bond acceptors (Lipinski definition) is 5. The van der Waals surface area contributed by atoms with Crippen molar-refractivity contribution in [1.82, 2.24) is 5.32 Å². The number of halogens is 8. The van der Waals surface area contributed by atoms with E-state index in [0.717, 1.165) is 6.07 Å². The third kappa shape index (κ3) is 5.60. The number of hydrogen-bond donors (Lipinski definition) is 1. The van der Waals surface area contributed by atoms with Gasteiger partial charge in [-0.25, -0.2) is 27.2 Å². The fourth-order valence-corrected chi connectivity index (χ4v) is 3.46. The molecule has 1 aliphatic heterocycles. The van der Waals surface area contributed by atoms with E-state index in [9.17, 15) is 40.3 Å². The first-order chi connectivity index (χ1) is 15.3. The molecule has 0 aromatic heterocycles. The molecule has 0 saturated heterocycles. The minimum absolute atomic E-state index is 0.377. The molecule has 33 heavy (non-hydrogen) atoms. The van der Waals surface area contributed by atoms with Crippen molar-refractivity contribution in [2.24, 2.45) is 0 Å². The first kappa shape index (κ1) is 26.5. The third-order valence-corrected chi connectivity index (χ3v) is 4.72. The fraction of sp³-hybridized carbons (Fsp3) is 0.400. The highest BCUT2D eigenvalue weighted by Crippen LogP contribution is 2.46. The second-order valence-corrected chi connectivity index (χ2v) is 6.92. The van der Waals surface area contributed by atoms with Crippen LogP contribution in [0.25, 0.3) is 0 Å². The topological polar surface area (TPSA) is 64.6 Å². The summed E-state index contributed by atoms with van der Waals surface area (Å²) < 4.78 is 106. The molecule has 13 heteroatoms. The summed E-state index contributed by atoms with van der Waals surface area (Å²) in [6, 6.07) is 2.07. The lowest BCUT2D eigenvalue weighted by atomic mass is 9.78. The molecule has 0 bridgehead atoms. The molecular formula is C20H17ClF7NO4. The quantitative estimate of drug-likeness (QED) is 0.409. The van der Waals surface area contributed by atoms with Crippen molar-refractivity contribution in [2.75, 3.05) is 13.2 Å². The maximum atomic E-state index is 13.8. The van der Waals surface area contributed by atoms with Crippen molar-refractivity contribution >= 4 is 23.5 Å². The zero-order chi connectivity index (χ0) is 25.1. The molecule has 2 rings (SSSR count). The van der Waals surface area contributed by atoms with Gasteiger partial charge >= 0.3 is 18.1 Å². The van der Waals surface area contributed by atoms with Crippen LogP contribution in [0.2, 0.25) is 5.02 Å². The van der Waals surface area contributed by atoms with E-state index >= 15 is 0 Å². The number of alkyl halides is 7. The van der Waals surface area contributed by atoms with E-state index < -0.39 is 75.6 Å². The second kappa shape index (κ2) is 10.4. The molecule has 1 aromatic carbocycles. The Bertz CT molecular complexity index is 943. The summed E-state index contributed by atoms with van der Waals surface area (Å²) in [6.45, 7) is 1.83. The molecule has 0 aliphatic carbocycles. The molecule has 182 valence electrons. The summed E-state index contributed by atoms with van der Waals surface area (Å²) >= 11 is 5.66. The van der Waals surface area contributed by atoms with Crippen LogP contribution < -0.4 is 5.32 Å². The molecule has 0 saturated carbocycles. The van der Waals surface area contributed by atoms with Crippen LogP contribution in [0.3, 0.4) is 0 Å². The van der Waals surface area contributed by atoms with Crippen LogP contribution in [0.4, 0.5) is 30.7 Å². The normalized spacial score (nSPS) is 15.3. The number of dihydropyridines is 1. The van der Waals surface area contributed by atoms with Crippen LogP contribution in [0.1, 0.15) is 30.9 Å². The number of allylic oxidation sites excluding steroid dienone is 2. The smallest absolute Gasteiger partial charge is 0.416 e. The van der Waals surface area contributed by atoms with Crippen LogP contribution in [0.15, 0.2) is 40.7 Å². The van der Waals surface area contributed by atoms with E-state index in [-0.39, 0.29) is 13.2 Å². The van der Waals surface area contributed by atoms with Crippen molar-refractivity contribution < 1.29 is 49.8 Å². The molecule has 1 N–H and O–H groups in total. The maximum absolute atomic E-state index is 13.8. The molecule has 5 nitrogen and oxygen atoms in total. The van der Waals surface area contributed by atoms with Gasteiger partial charge in [0.25, 0.3) is 12.9 Å². The van der Waals surface area contributed by atoms with Gasteiger partial charge < -0.3 is 14.8 Å². The first-order valence-corrected chi connectivity index (χ1v) is 9.75. The minimum Gasteiger partial charge on any atom is -0.463 e. The average Bonchev–Trinajstić information content (AvgIpc) is 2.71. The summed E-state index contributed by atoms with van der Waals surface area (Å²) in [7, 11) is 0. The number of carbonyl (C=O) groups excluding carboxylic acids is 2. The van der Waals surface area contributed by atoms with E-state index in [1.807, 2.05) is 0 Å². The van der Waals surface area contributed by atoms with E-state index in [4.69, 9.17) is 21.1 Å². The summed E-state index contributed by atoms with van der Waals surface area (Å²) in [5.41, 5.74) is -7.54. The Morgan fingerprint density at radius 3 is 1.79 bits per heavy atom. The van der Waals surface area contributed by atoms with Gasteiger partial charge in [-0.05, 0) is 31.5 Å². The van der Waals surface area contributed by atoms with E-state index in [1.54, 1.807) is 5.32 Å². The molecule has 0 fully saturated rings. The maximum Gasteiger partial charge on any atom is 0.416 e. The number of esters is 2. The van der Waals surface area contributed by atoms with Gasteiger partial charge in [-0.3, -0.25) is 0 Å². The van der Waals surface area contributed by atoms with Crippen LogP contribution in [0, 0.1) is 0 Å². The number of ether oxygens (including phenoxy) is 2. The Morgan fingerprint density at radius 1 is 0.970 bits per heavy atom. The lowest BCUT2D eigenvalue weighted by Crippen LogP contribution is -2.39. The molecule has 0 unspecified atom stereocenters. The molecule has 1 heterocycles. The van der Waals surface area contributed by atoms with Crippen LogP contribution >= 0.6 is 11.6 Å². The lowest BCUT2D eigenvalue weighted by molar-refractivity contribution is -0.142. The van der Waals surface area contributed by atoms with Gasteiger partial charge in [-0.15, -0.1) is 0 Å². The van der Waals surface area contributed by atoms with Crippen molar-refractivity contribution in [1.29, 1.82) is 0 Å². The van der Waals surface area contributed by atoms with Crippen molar-refractivity contribution in [3.63, 3.8) is 0 Å². The van der Waals surface area contributed by atoms with Gasteiger partial charge in [0, 0.05) is 5.02 Å². The van der Waals surface area contributed by atoms with Gasteiger partial charge in [0.15, 0.2) is 0 Å². The van der Waals surface area contributed by atoms with Gasteiger partial charge in [0.1, 0.15) is 0 Å². The van der Waals surface area contributed by atoms with Gasteiger partial charge in [0.2, 0.25) is 0 Å². The molecule has 1 aromatic rings. The van der Waals surface area contributed by atoms with E-state index in [0.29, 0.717) is 12.1 Å². The molecular weight excluding hydrogens is 487 g/mol. The second-order valence-electron chi connectivity index (χ2n) is 6.48. The molecule has 0 amide bonds. The lowest BCUT2D eigenvalue weighted by Gasteiger charge is -2.33. The number of carbonyl (C=O) groups is 2. The van der Waals surface area contributed by atoms with Gasteiger partial charge in [-0.2, -0.15) is 13.2 Å². The number of rotatable bonds is 7. The highest BCUT2D eigenvalue weighted by Gasteiger charge is 2.47. The predicted molar refractivity (Wildman–Crippen MR) is 102 cm³/mol. The Balaban J connectivity index is 3.02. The largest absolute Gasteiger partial charge is 0.463 e. The van der Waals surface area contributed by atoms with E-state index in [2.05, 4.69) is 0 Å². The molecule has 0 atom stereocenters. The minimum atomic E-state index is -5.15. The summed E-state index contributed by atoms with van der Waals surface area (Å²) in [5.74, 6) is -5.36. The van der Waals surface area contributed by atoms with Gasteiger partial charge in [-0.1, -0.05) is 17.7 Å². The Hall–Kier alpha value is -2.76. The average molecular weight is 504 g/mol. The Labute approximate surface area is 188 Å². The van der Waals surface area contributed by atoms with Crippen molar-refractivity contribution in [2.45, 2.75) is 38.8 Å². The van der Waals surface area contributed by atoms with Crippen molar-refractivity contribution in [3.05, 3.63) is 56.9 Å². The molecule has 1 aliphatic rings. The molecule has 0 radical (unpaired) electrons. The van der Waals surface area contributed by atoms with Crippen LogP contribution in [0.5, 0.6) is 0 Å². The van der Waals surface area contributed by atoms with Crippen molar-refractivity contribution in [3.8, 4) is 0 Å².